The molecule has 0 aromatic carbocycles. The zero-order valence-electron chi connectivity index (χ0n) is 3.98. The molecule has 7 heavy (non-hydrogen) atoms. The second-order valence-electron chi connectivity index (χ2n) is 1.59. The van der Waals surface area contributed by atoms with E-state index in [1.807, 2.05) is 0 Å². The second-order valence-corrected chi connectivity index (χ2v) is 2.89. The Balaban J connectivity index is 0.000000360. The van der Waals surface area contributed by atoms with Crippen LogP contribution in [0, 0.1) is 0 Å². The van der Waals surface area contributed by atoms with Gasteiger partial charge in [-0.25, -0.2) is 0 Å². The maximum Gasteiger partial charge on any atom is 0.0282 e. The molecular formula is C4H9BrClN. The number of halogens is 2. The summed E-state index contributed by atoms with van der Waals surface area (Å²) in [4.78, 5) is 0.748. The van der Waals surface area contributed by atoms with Gasteiger partial charge in [-0.2, -0.15) is 0 Å². The van der Waals surface area contributed by atoms with Crippen LogP contribution in [0.3, 0.4) is 0 Å². The van der Waals surface area contributed by atoms with Crippen molar-refractivity contribution < 1.29 is 0 Å². The number of alkyl halides is 1. The van der Waals surface area contributed by atoms with E-state index in [0.717, 1.165) is 11.4 Å². The van der Waals surface area contributed by atoms with Crippen molar-refractivity contribution in [2.24, 2.45) is 0 Å². The maximum absolute atomic E-state index is 3.48. The molecule has 1 saturated heterocycles. The van der Waals surface area contributed by atoms with Gasteiger partial charge in [0.15, 0.2) is 0 Å². The molecule has 1 nitrogen and oxygen atoms in total. The van der Waals surface area contributed by atoms with Crippen LogP contribution < -0.4 is 5.32 Å². The Bertz CT molecular complexity index is 45.0. The highest BCUT2D eigenvalue weighted by Crippen LogP contribution is 2.06. The van der Waals surface area contributed by atoms with Crippen LogP contribution in [0.5, 0.6) is 0 Å². The Hall–Kier alpha value is 0.730. The highest BCUT2D eigenvalue weighted by atomic mass is 79.9. The lowest BCUT2D eigenvalue weighted by atomic mass is 10.4. The first-order valence-electron chi connectivity index (χ1n) is 2.24. The quantitative estimate of drug-likeness (QED) is 0.560. The molecule has 1 atom stereocenters. The van der Waals surface area contributed by atoms with Gasteiger partial charge in [-0.3, -0.25) is 0 Å². The Kier molecular flexibility index (Phi) is 4.08. The van der Waals surface area contributed by atoms with E-state index in [1.165, 1.54) is 13.0 Å². The van der Waals surface area contributed by atoms with Crippen molar-refractivity contribution in [3.8, 4) is 0 Å². The van der Waals surface area contributed by atoms with E-state index in [4.69, 9.17) is 0 Å². The van der Waals surface area contributed by atoms with Crippen LogP contribution in [0.4, 0.5) is 0 Å². The summed E-state index contributed by atoms with van der Waals surface area (Å²) in [5.41, 5.74) is 0. The summed E-state index contributed by atoms with van der Waals surface area (Å²) in [7, 11) is 0. The lowest BCUT2D eigenvalue weighted by Gasteiger charge is -1.88. The first-order valence-corrected chi connectivity index (χ1v) is 3.16. The Morgan fingerprint density at radius 2 is 2.29 bits per heavy atom. The van der Waals surface area contributed by atoms with Crippen molar-refractivity contribution in [1.29, 1.82) is 0 Å². The van der Waals surface area contributed by atoms with Gasteiger partial charge in [0.2, 0.25) is 0 Å². The third-order valence-corrected chi connectivity index (χ3v) is 1.78. The van der Waals surface area contributed by atoms with Gasteiger partial charge in [-0.05, 0) is 13.0 Å². The first kappa shape index (κ1) is 7.73. The molecule has 0 radical (unpaired) electrons. The van der Waals surface area contributed by atoms with E-state index in [-0.39, 0.29) is 12.4 Å². The smallest absolute Gasteiger partial charge is 0.0282 e. The number of hydrogen-bond acceptors (Lipinski definition) is 1. The number of hydrogen-bond donors (Lipinski definition) is 1. The third-order valence-electron chi connectivity index (χ3n) is 1.00. The molecule has 0 saturated carbocycles. The largest absolute Gasteiger partial charge is 0.316 e. The van der Waals surface area contributed by atoms with Crippen molar-refractivity contribution in [3.05, 3.63) is 0 Å². The summed E-state index contributed by atoms with van der Waals surface area (Å²) in [6.45, 7) is 2.34. The summed E-state index contributed by atoms with van der Waals surface area (Å²) < 4.78 is 0. The van der Waals surface area contributed by atoms with Crippen LogP contribution in [0.2, 0.25) is 0 Å². The molecule has 0 aromatic rings. The van der Waals surface area contributed by atoms with Crippen molar-refractivity contribution in [3.63, 3.8) is 0 Å². The first-order chi connectivity index (χ1) is 2.89. The monoisotopic (exact) mass is 185 g/mol. The van der Waals surface area contributed by atoms with E-state index in [0.29, 0.717) is 0 Å². The topological polar surface area (TPSA) is 12.0 Å². The predicted molar refractivity (Wildman–Crippen MR) is 37.4 cm³/mol. The van der Waals surface area contributed by atoms with Crippen molar-refractivity contribution >= 4 is 28.3 Å². The average Bonchev–Trinajstić information content (AvgIpc) is 1.86. The lowest BCUT2D eigenvalue weighted by Crippen LogP contribution is -2.07. The molecule has 44 valence electrons. The average molecular weight is 186 g/mol. The minimum absolute atomic E-state index is 0. The maximum atomic E-state index is 3.48. The molecule has 1 heterocycles. The fraction of sp³-hybridized carbons (Fsp3) is 1.00. The van der Waals surface area contributed by atoms with Gasteiger partial charge in [-0.15, -0.1) is 12.4 Å². The summed E-state index contributed by atoms with van der Waals surface area (Å²) in [5, 5.41) is 3.23. The molecule has 1 fully saturated rings. The van der Waals surface area contributed by atoms with Crippen LogP contribution in [-0.2, 0) is 0 Å². The highest BCUT2D eigenvalue weighted by molar-refractivity contribution is 9.09. The Morgan fingerprint density at radius 1 is 1.57 bits per heavy atom. The summed E-state index contributed by atoms with van der Waals surface area (Å²) in [6, 6.07) is 0. The number of rotatable bonds is 0. The number of nitrogens with one attached hydrogen (secondary N) is 1. The van der Waals surface area contributed by atoms with Gasteiger partial charge in [0.05, 0.1) is 0 Å². The van der Waals surface area contributed by atoms with Gasteiger partial charge >= 0.3 is 0 Å². The van der Waals surface area contributed by atoms with Crippen LogP contribution >= 0.6 is 28.3 Å². The molecule has 1 N–H and O–H groups in total. The van der Waals surface area contributed by atoms with E-state index in [9.17, 15) is 0 Å². The second kappa shape index (κ2) is 3.70. The van der Waals surface area contributed by atoms with Crippen LogP contribution in [-0.4, -0.2) is 17.9 Å². The molecule has 0 bridgehead atoms. The van der Waals surface area contributed by atoms with Crippen molar-refractivity contribution in [2.75, 3.05) is 13.1 Å². The summed E-state index contributed by atoms with van der Waals surface area (Å²) >= 11 is 3.48. The van der Waals surface area contributed by atoms with Gasteiger partial charge in [0.25, 0.3) is 0 Å². The fourth-order valence-electron chi connectivity index (χ4n) is 0.619. The third kappa shape index (κ3) is 2.52. The van der Waals surface area contributed by atoms with E-state index in [1.54, 1.807) is 0 Å². The molecule has 1 rings (SSSR count). The van der Waals surface area contributed by atoms with Gasteiger partial charge in [0, 0.05) is 11.4 Å². The minimum Gasteiger partial charge on any atom is -0.316 e. The van der Waals surface area contributed by atoms with E-state index < -0.39 is 0 Å². The SMILES string of the molecule is BrC1CCNC1.Cl. The highest BCUT2D eigenvalue weighted by Gasteiger charge is 2.07. The zero-order chi connectivity index (χ0) is 4.41. The van der Waals surface area contributed by atoms with Gasteiger partial charge < -0.3 is 5.32 Å². The zero-order valence-corrected chi connectivity index (χ0v) is 6.39. The molecule has 0 aromatic heterocycles. The molecule has 0 spiro atoms. The van der Waals surface area contributed by atoms with Crippen molar-refractivity contribution in [2.45, 2.75) is 11.2 Å². The van der Waals surface area contributed by atoms with Gasteiger partial charge in [-0.1, -0.05) is 15.9 Å². The normalized spacial score (nSPS) is 29.6. The lowest BCUT2D eigenvalue weighted by molar-refractivity contribution is 0.859. The summed E-state index contributed by atoms with van der Waals surface area (Å²) in [5.74, 6) is 0. The van der Waals surface area contributed by atoms with Gasteiger partial charge in [0.1, 0.15) is 0 Å². The molecule has 0 amide bonds. The molecular weight excluding hydrogens is 177 g/mol. The Morgan fingerprint density at radius 3 is 2.43 bits per heavy atom. The standard InChI is InChI=1S/C4H8BrN.ClH/c5-4-1-2-6-3-4;/h4,6H,1-3H2;1H. The van der Waals surface area contributed by atoms with E-state index >= 15 is 0 Å². The molecule has 1 aliphatic heterocycles. The van der Waals surface area contributed by atoms with Crippen molar-refractivity contribution in [1.82, 2.24) is 5.32 Å². The molecule has 3 heteroatoms. The predicted octanol–water partition coefficient (Wildman–Crippen LogP) is 1.17. The summed E-state index contributed by atoms with van der Waals surface area (Å²) in [6.07, 6.45) is 1.29. The van der Waals surface area contributed by atoms with Crippen LogP contribution in [0.25, 0.3) is 0 Å². The Labute approximate surface area is 58.4 Å². The molecule has 1 aliphatic rings. The van der Waals surface area contributed by atoms with Crippen LogP contribution in [0.15, 0.2) is 0 Å². The molecule has 1 unspecified atom stereocenters. The minimum atomic E-state index is 0. The fourth-order valence-corrected chi connectivity index (χ4v) is 1.08. The van der Waals surface area contributed by atoms with Crippen LogP contribution in [0.1, 0.15) is 6.42 Å². The van der Waals surface area contributed by atoms with E-state index in [2.05, 4.69) is 21.2 Å². The molecule has 0 aliphatic carbocycles.